The van der Waals surface area contributed by atoms with E-state index in [2.05, 4.69) is 51.7 Å². The zero-order chi connectivity index (χ0) is 23.3. The molecule has 6 nitrogen and oxygen atoms in total. The molecule has 2 amide bonds. The third-order valence-corrected chi connectivity index (χ3v) is 6.15. The first kappa shape index (κ1) is 22.6. The molecule has 2 heterocycles. The smallest absolute Gasteiger partial charge is 0.274 e. The maximum Gasteiger partial charge on any atom is 0.274 e. The van der Waals surface area contributed by atoms with E-state index in [4.69, 9.17) is 0 Å². The quantitative estimate of drug-likeness (QED) is 0.623. The highest BCUT2D eigenvalue weighted by atomic mass is 16.2. The molecule has 0 radical (unpaired) electrons. The van der Waals surface area contributed by atoms with E-state index in [9.17, 15) is 9.59 Å². The topological polar surface area (TPSA) is 75.2 Å². The van der Waals surface area contributed by atoms with Crippen LogP contribution < -0.4 is 5.32 Å². The average Bonchev–Trinajstić information content (AvgIpc) is 2.85. The molecule has 2 aromatic carbocycles. The number of hydrogen-bond donors (Lipinski definition) is 1. The fourth-order valence-corrected chi connectivity index (χ4v) is 4.54. The number of likely N-dealkylation sites (tertiary alicyclic amines) is 1. The first-order valence-corrected chi connectivity index (χ1v) is 11.5. The van der Waals surface area contributed by atoms with E-state index in [-0.39, 0.29) is 17.9 Å². The van der Waals surface area contributed by atoms with Crippen LogP contribution in [0.25, 0.3) is 11.1 Å². The number of piperidine rings is 1. The van der Waals surface area contributed by atoms with Crippen molar-refractivity contribution in [1.29, 1.82) is 0 Å². The molecule has 0 aliphatic carbocycles. The number of hydrogen-bond acceptors (Lipinski definition) is 4. The Kier molecular flexibility index (Phi) is 6.82. The summed E-state index contributed by atoms with van der Waals surface area (Å²) < 4.78 is 0. The number of aromatic nitrogens is 2. The van der Waals surface area contributed by atoms with Crippen molar-refractivity contribution in [2.45, 2.75) is 39.2 Å². The van der Waals surface area contributed by atoms with Gasteiger partial charge < -0.3 is 10.2 Å². The van der Waals surface area contributed by atoms with Gasteiger partial charge in [-0.1, -0.05) is 54.6 Å². The minimum Gasteiger partial charge on any atom is -0.353 e. The molecule has 1 unspecified atom stereocenters. The molecule has 1 saturated heterocycles. The van der Waals surface area contributed by atoms with Crippen LogP contribution in [0.1, 0.15) is 42.7 Å². The molecule has 1 N–H and O–H groups in total. The molecule has 1 aliphatic heterocycles. The average molecular weight is 443 g/mol. The van der Waals surface area contributed by atoms with Gasteiger partial charge in [-0.15, -0.1) is 0 Å². The molecule has 0 bridgehead atoms. The molecule has 6 heteroatoms. The van der Waals surface area contributed by atoms with Crippen molar-refractivity contribution in [1.82, 2.24) is 20.2 Å². The molecule has 1 fully saturated rings. The van der Waals surface area contributed by atoms with E-state index in [1.54, 1.807) is 11.1 Å². The fraction of sp³-hybridized carbons (Fsp3) is 0.333. The molecule has 0 saturated carbocycles. The van der Waals surface area contributed by atoms with Gasteiger partial charge in [0.25, 0.3) is 5.91 Å². The summed E-state index contributed by atoms with van der Waals surface area (Å²) in [5, 5.41) is 3.11. The van der Waals surface area contributed by atoms with Crippen molar-refractivity contribution in [3.63, 3.8) is 0 Å². The van der Waals surface area contributed by atoms with E-state index < -0.39 is 5.41 Å². The predicted octanol–water partition coefficient (Wildman–Crippen LogP) is 4.13. The third-order valence-electron chi connectivity index (χ3n) is 6.15. The van der Waals surface area contributed by atoms with Crippen molar-refractivity contribution < 1.29 is 9.59 Å². The lowest BCUT2D eigenvalue weighted by Crippen LogP contribution is -2.55. The van der Waals surface area contributed by atoms with Crippen LogP contribution in [-0.4, -0.2) is 45.8 Å². The minimum atomic E-state index is -0.686. The summed E-state index contributed by atoms with van der Waals surface area (Å²) in [5.74, 6) is -0.176. The van der Waals surface area contributed by atoms with Gasteiger partial charge in [0.1, 0.15) is 5.69 Å². The lowest BCUT2D eigenvalue weighted by atomic mass is 9.74. The van der Waals surface area contributed by atoms with Crippen LogP contribution >= 0.6 is 0 Å². The van der Waals surface area contributed by atoms with Gasteiger partial charge in [-0.3, -0.25) is 14.6 Å². The molecule has 170 valence electrons. The summed E-state index contributed by atoms with van der Waals surface area (Å²) >= 11 is 0. The number of benzene rings is 2. The van der Waals surface area contributed by atoms with Crippen molar-refractivity contribution >= 4 is 11.8 Å². The molecular formula is C27H30N4O2. The third kappa shape index (κ3) is 5.28. The summed E-state index contributed by atoms with van der Waals surface area (Å²) in [4.78, 5) is 36.5. The lowest BCUT2D eigenvalue weighted by Gasteiger charge is -2.42. The van der Waals surface area contributed by atoms with Gasteiger partial charge in [-0.25, -0.2) is 4.98 Å². The highest BCUT2D eigenvalue weighted by Gasteiger charge is 2.44. The van der Waals surface area contributed by atoms with Gasteiger partial charge in [0.05, 0.1) is 11.6 Å². The number of nitrogens with one attached hydrogen (secondary N) is 1. The van der Waals surface area contributed by atoms with E-state index in [0.717, 1.165) is 29.5 Å². The first-order valence-electron chi connectivity index (χ1n) is 11.5. The van der Waals surface area contributed by atoms with Crippen LogP contribution in [-0.2, 0) is 11.2 Å². The van der Waals surface area contributed by atoms with Crippen LogP contribution in [0.4, 0.5) is 0 Å². The highest BCUT2D eigenvalue weighted by molar-refractivity contribution is 5.93. The zero-order valence-corrected chi connectivity index (χ0v) is 19.2. The second-order valence-electron chi connectivity index (χ2n) is 9.07. The van der Waals surface area contributed by atoms with Gasteiger partial charge in [0, 0.05) is 31.5 Å². The van der Waals surface area contributed by atoms with Gasteiger partial charge in [-0.2, -0.15) is 0 Å². The lowest BCUT2D eigenvalue weighted by molar-refractivity contribution is -0.134. The number of amides is 2. The van der Waals surface area contributed by atoms with Crippen LogP contribution in [0.2, 0.25) is 0 Å². The zero-order valence-electron chi connectivity index (χ0n) is 19.2. The number of carbonyl (C=O) groups is 2. The Balaban J connectivity index is 1.59. The van der Waals surface area contributed by atoms with Gasteiger partial charge >= 0.3 is 0 Å². The van der Waals surface area contributed by atoms with Crippen molar-refractivity contribution in [3.8, 4) is 11.1 Å². The van der Waals surface area contributed by atoms with E-state index in [1.807, 2.05) is 32.0 Å². The van der Waals surface area contributed by atoms with Crippen molar-refractivity contribution in [3.05, 3.63) is 84.4 Å². The van der Waals surface area contributed by atoms with Crippen LogP contribution in [0.15, 0.2) is 73.2 Å². The van der Waals surface area contributed by atoms with Crippen LogP contribution in [0.3, 0.4) is 0 Å². The molecule has 0 spiro atoms. The maximum absolute atomic E-state index is 13.5. The molecule has 1 aliphatic rings. The predicted molar refractivity (Wildman–Crippen MR) is 128 cm³/mol. The summed E-state index contributed by atoms with van der Waals surface area (Å²) in [6.07, 6.45) is 6.62. The van der Waals surface area contributed by atoms with Gasteiger partial charge in [0.2, 0.25) is 5.91 Å². The SMILES string of the molecule is CC(C)NC(=O)C1(Cc2ccc(-c3ccccc3)cc2)CCCN(C(=O)c2cnccn2)C1. The largest absolute Gasteiger partial charge is 0.353 e. The van der Waals surface area contributed by atoms with E-state index in [1.165, 1.54) is 12.4 Å². The number of nitrogens with zero attached hydrogens (tertiary/aromatic N) is 3. The van der Waals surface area contributed by atoms with Crippen LogP contribution in [0, 0.1) is 5.41 Å². The normalized spacial score (nSPS) is 18.2. The Morgan fingerprint density at radius 2 is 1.76 bits per heavy atom. The van der Waals surface area contributed by atoms with Crippen LogP contribution in [0.5, 0.6) is 0 Å². The molecule has 1 aromatic heterocycles. The Labute approximate surface area is 195 Å². The van der Waals surface area contributed by atoms with E-state index >= 15 is 0 Å². The maximum atomic E-state index is 13.5. The Bertz CT molecular complexity index is 1080. The first-order chi connectivity index (χ1) is 16.0. The molecule has 4 rings (SSSR count). The summed E-state index contributed by atoms with van der Waals surface area (Å²) in [6, 6.07) is 18.7. The molecule has 1 atom stereocenters. The fourth-order valence-electron chi connectivity index (χ4n) is 4.54. The Hall–Kier alpha value is -3.54. The molecule has 3 aromatic rings. The Morgan fingerprint density at radius 1 is 1.03 bits per heavy atom. The molecule has 33 heavy (non-hydrogen) atoms. The highest BCUT2D eigenvalue weighted by Crippen LogP contribution is 2.35. The number of rotatable bonds is 6. The monoisotopic (exact) mass is 442 g/mol. The van der Waals surface area contributed by atoms with Crippen molar-refractivity contribution in [2.75, 3.05) is 13.1 Å². The van der Waals surface area contributed by atoms with E-state index in [0.29, 0.717) is 25.2 Å². The summed E-state index contributed by atoms with van der Waals surface area (Å²) in [5.41, 5.74) is 3.01. The second kappa shape index (κ2) is 9.94. The Morgan fingerprint density at radius 3 is 2.42 bits per heavy atom. The van der Waals surface area contributed by atoms with Gasteiger partial charge in [-0.05, 0) is 49.8 Å². The minimum absolute atomic E-state index is 0.00119. The standard InChI is InChI=1S/C27H30N4O2/c1-20(2)30-26(33)27(13-6-16-31(19-27)25(32)24-18-28-14-15-29-24)17-21-9-11-23(12-10-21)22-7-4-3-5-8-22/h3-5,7-12,14-15,18,20H,6,13,16-17,19H2,1-2H3,(H,30,33). The second-order valence-corrected chi connectivity index (χ2v) is 9.07. The van der Waals surface area contributed by atoms with Crippen molar-refractivity contribution in [2.24, 2.45) is 5.41 Å². The molecular weight excluding hydrogens is 412 g/mol. The van der Waals surface area contributed by atoms with Gasteiger partial charge in [0.15, 0.2) is 0 Å². The summed E-state index contributed by atoms with van der Waals surface area (Å²) in [7, 11) is 0. The number of carbonyl (C=O) groups excluding carboxylic acids is 2. The summed E-state index contributed by atoms with van der Waals surface area (Å²) in [6.45, 7) is 4.90.